The normalized spacial score (nSPS) is 10.1. The molecule has 1 aromatic carbocycles. The Bertz CT molecular complexity index is 709. The summed E-state index contributed by atoms with van der Waals surface area (Å²) in [5.74, 6) is 0.488. The quantitative estimate of drug-likeness (QED) is 0.771. The number of urea groups is 1. The minimum absolute atomic E-state index is 0.347. The summed E-state index contributed by atoms with van der Waals surface area (Å²) in [4.78, 5) is 24.0. The van der Waals surface area contributed by atoms with Gasteiger partial charge in [0.1, 0.15) is 6.33 Å². The number of carbonyl (C=O) groups excluding carboxylic acids is 1. The molecule has 2 N–H and O–H groups in total. The van der Waals surface area contributed by atoms with Gasteiger partial charge in [-0.2, -0.15) is 0 Å². The van der Waals surface area contributed by atoms with Crippen molar-refractivity contribution in [2.24, 2.45) is 0 Å². The number of hydrogen-bond donors (Lipinski definition) is 2. The van der Waals surface area contributed by atoms with E-state index < -0.39 is 0 Å². The van der Waals surface area contributed by atoms with Crippen LogP contribution in [-0.4, -0.2) is 25.6 Å². The average Bonchev–Trinajstić information content (AvgIpc) is 3.03. The molecule has 21 heavy (non-hydrogen) atoms. The summed E-state index contributed by atoms with van der Waals surface area (Å²) in [6, 6.07) is 8.83. The van der Waals surface area contributed by atoms with Crippen LogP contribution in [-0.2, 0) is 0 Å². The first kappa shape index (κ1) is 12.8. The van der Waals surface area contributed by atoms with Crippen LogP contribution in [0, 0.1) is 0 Å². The maximum absolute atomic E-state index is 11.8. The first-order valence-electron chi connectivity index (χ1n) is 6.25. The van der Waals surface area contributed by atoms with Gasteiger partial charge in [0.25, 0.3) is 0 Å². The Kier molecular flexibility index (Phi) is 3.55. The Balaban J connectivity index is 1.64. The maximum Gasteiger partial charge on any atom is 0.323 e. The molecule has 0 atom stereocenters. The third-order valence-corrected chi connectivity index (χ3v) is 2.66. The average molecular weight is 280 g/mol. The van der Waals surface area contributed by atoms with E-state index in [0.29, 0.717) is 17.3 Å². The number of nitrogens with zero attached hydrogens (tertiary/aromatic N) is 4. The SMILES string of the molecule is O=C(Nc1ccccc1)Nc1cnc(-n2ccnc2)nc1. The van der Waals surface area contributed by atoms with E-state index in [4.69, 9.17) is 0 Å². The van der Waals surface area contributed by atoms with Crippen LogP contribution in [0.5, 0.6) is 0 Å². The Hall–Kier alpha value is -3.22. The van der Waals surface area contributed by atoms with E-state index in [-0.39, 0.29) is 6.03 Å². The first-order valence-corrected chi connectivity index (χ1v) is 6.25. The van der Waals surface area contributed by atoms with Crippen molar-refractivity contribution in [3.63, 3.8) is 0 Å². The fraction of sp³-hybridized carbons (Fsp3) is 0. The number of benzene rings is 1. The van der Waals surface area contributed by atoms with E-state index in [9.17, 15) is 4.79 Å². The topological polar surface area (TPSA) is 84.7 Å². The molecule has 0 saturated heterocycles. The van der Waals surface area contributed by atoms with Crippen LogP contribution in [0.2, 0.25) is 0 Å². The third kappa shape index (κ3) is 3.21. The van der Waals surface area contributed by atoms with Gasteiger partial charge in [-0.15, -0.1) is 0 Å². The van der Waals surface area contributed by atoms with E-state index in [0.717, 1.165) is 0 Å². The zero-order valence-corrected chi connectivity index (χ0v) is 11.0. The lowest BCUT2D eigenvalue weighted by Crippen LogP contribution is -2.19. The van der Waals surface area contributed by atoms with Crippen LogP contribution < -0.4 is 10.6 Å². The summed E-state index contributed by atoms with van der Waals surface area (Å²) >= 11 is 0. The van der Waals surface area contributed by atoms with E-state index in [1.807, 2.05) is 18.2 Å². The molecule has 0 aliphatic heterocycles. The lowest BCUT2D eigenvalue weighted by molar-refractivity contribution is 0.262. The van der Waals surface area contributed by atoms with Crippen molar-refractivity contribution < 1.29 is 4.79 Å². The molecule has 0 bridgehead atoms. The van der Waals surface area contributed by atoms with Crippen molar-refractivity contribution in [1.82, 2.24) is 19.5 Å². The molecule has 2 amide bonds. The molecule has 0 aliphatic carbocycles. The number of rotatable bonds is 3. The van der Waals surface area contributed by atoms with E-state index in [1.54, 1.807) is 35.4 Å². The molecule has 0 aliphatic rings. The van der Waals surface area contributed by atoms with Crippen LogP contribution in [0.4, 0.5) is 16.2 Å². The van der Waals surface area contributed by atoms with Gasteiger partial charge in [0.2, 0.25) is 5.95 Å². The van der Waals surface area contributed by atoms with Crippen molar-refractivity contribution in [2.75, 3.05) is 10.6 Å². The van der Waals surface area contributed by atoms with Gasteiger partial charge >= 0.3 is 6.03 Å². The highest BCUT2D eigenvalue weighted by atomic mass is 16.2. The number of hydrogen-bond acceptors (Lipinski definition) is 4. The molecule has 104 valence electrons. The Morgan fingerprint density at radius 1 is 1.00 bits per heavy atom. The van der Waals surface area contributed by atoms with Gasteiger partial charge in [-0.25, -0.2) is 19.7 Å². The highest BCUT2D eigenvalue weighted by molar-refractivity contribution is 5.99. The zero-order valence-electron chi connectivity index (χ0n) is 11.0. The zero-order chi connectivity index (χ0) is 14.5. The van der Waals surface area contributed by atoms with Gasteiger partial charge in [-0.3, -0.25) is 4.57 Å². The minimum Gasteiger partial charge on any atom is -0.308 e. The molecule has 0 spiro atoms. The highest BCUT2D eigenvalue weighted by Gasteiger charge is 2.04. The smallest absolute Gasteiger partial charge is 0.308 e. The fourth-order valence-electron chi connectivity index (χ4n) is 1.71. The van der Waals surface area contributed by atoms with Gasteiger partial charge < -0.3 is 10.6 Å². The number of carbonyl (C=O) groups is 1. The molecule has 0 fully saturated rings. The van der Waals surface area contributed by atoms with Crippen molar-refractivity contribution >= 4 is 17.4 Å². The second kappa shape index (κ2) is 5.83. The van der Waals surface area contributed by atoms with Crippen LogP contribution in [0.15, 0.2) is 61.4 Å². The van der Waals surface area contributed by atoms with Crippen molar-refractivity contribution in [1.29, 1.82) is 0 Å². The Morgan fingerprint density at radius 3 is 2.38 bits per heavy atom. The summed E-state index contributed by atoms with van der Waals surface area (Å²) in [5, 5.41) is 5.37. The first-order chi connectivity index (χ1) is 10.3. The molecule has 3 aromatic rings. The lowest BCUT2D eigenvalue weighted by atomic mass is 10.3. The summed E-state index contributed by atoms with van der Waals surface area (Å²) in [7, 11) is 0. The number of amides is 2. The third-order valence-electron chi connectivity index (χ3n) is 2.66. The van der Waals surface area contributed by atoms with Gasteiger partial charge in [0.15, 0.2) is 0 Å². The fourth-order valence-corrected chi connectivity index (χ4v) is 1.71. The molecule has 0 saturated carbocycles. The van der Waals surface area contributed by atoms with Gasteiger partial charge in [0, 0.05) is 18.1 Å². The Labute approximate surface area is 120 Å². The van der Waals surface area contributed by atoms with E-state index in [2.05, 4.69) is 25.6 Å². The van der Waals surface area contributed by atoms with Crippen molar-refractivity contribution in [3.05, 3.63) is 61.4 Å². The predicted molar refractivity (Wildman–Crippen MR) is 78.2 cm³/mol. The summed E-state index contributed by atoms with van der Waals surface area (Å²) < 4.78 is 1.67. The van der Waals surface area contributed by atoms with Crippen molar-refractivity contribution in [2.45, 2.75) is 0 Å². The summed E-state index contributed by atoms with van der Waals surface area (Å²) in [6.45, 7) is 0. The van der Waals surface area contributed by atoms with Gasteiger partial charge in [-0.1, -0.05) is 18.2 Å². The molecule has 0 unspecified atom stereocenters. The second-order valence-electron chi connectivity index (χ2n) is 4.19. The van der Waals surface area contributed by atoms with E-state index >= 15 is 0 Å². The van der Waals surface area contributed by atoms with Gasteiger partial charge in [0.05, 0.1) is 18.1 Å². The highest BCUT2D eigenvalue weighted by Crippen LogP contribution is 2.08. The molecule has 2 heterocycles. The largest absolute Gasteiger partial charge is 0.323 e. The van der Waals surface area contributed by atoms with Crippen LogP contribution in [0.1, 0.15) is 0 Å². The molecule has 3 rings (SSSR count). The lowest BCUT2D eigenvalue weighted by Gasteiger charge is -2.07. The van der Waals surface area contributed by atoms with Crippen LogP contribution in [0.25, 0.3) is 5.95 Å². The number of para-hydroxylation sites is 1. The van der Waals surface area contributed by atoms with E-state index in [1.165, 1.54) is 12.4 Å². The monoisotopic (exact) mass is 280 g/mol. The maximum atomic E-state index is 11.8. The predicted octanol–water partition coefficient (Wildman–Crippen LogP) is 2.31. The second-order valence-corrected chi connectivity index (χ2v) is 4.19. The molecular weight excluding hydrogens is 268 g/mol. The molecule has 7 heteroatoms. The minimum atomic E-state index is -0.347. The molecule has 0 radical (unpaired) electrons. The van der Waals surface area contributed by atoms with Crippen LogP contribution >= 0.6 is 0 Å². The summed E-state index contributed by atoms with van der Waals surface area (Å²) in [6.07, 6.45) is 8.05. The summed E-state index contributed by atoms with van der Waals surface area (Å²) in [5.41, 5.74) is 1.22. The molecule has 7 nitrogen and oxygen atoms in total. The van der Waals surface area contributed by atoms with Crippen LogP contribution in [0.3, 0.4) is 0 Å². The Morgan fingerprint density at radius 2 is 1.71 bits per heavy atom. The number of imidazole rings is 1. The van der Waals surface area contributed by atoms with Crippen molar-refractivity contribution in [3.8, 4) is 5.95 Å². The molecular formula is C14H12N6O. The number of anilines is 2. The number of aromatic nitrogens is 4. The molecule has 2 aromatic heterocycles. The standard InChI is InChI=1S/C14H12N6O/c21-14(18-11-4-2-1-3-5-11)19-12-8-16-13(17-9-12)20-7-6-15-10-20/h1-10H,(H2,18,19,21). The number of nitrogens with one attached hydrogen (secondary N) is 2. The van der Waals surface area contributed by atoms with Gasteiger partial charge in [-0.05, 0) is 12.1 Å².